The zero-order chi connectivity index (χ0) is 16.7. The second kappa shape index (κ2) is 5.31. The normalized spacial score (nSPS) is 10.9. The van der Waals surface area contributed by atoms with E-state index in [4.69, 9.17) is 4.42 Å². The summed E-state index contributed by atoms with van der Waals surface area (Å²) in [5.74, 6) is -4.05. The number of carbonyl (C=O) groups is 1. The molecular formula is C17H10F2O4. The predicted molar refractivity (Wildman–Crippen MR) is 79.5 cm³/mol. The second-order valence-electron chi connectivity index (χ2n) is 5.07. The van der Waals surface area contributed by atoms with Gasteiger partial charge in [0.2, 0.25) is 5.43 Å². The summed E-state index contributed by atoms with van der Waals surface area (Å²) in [4.78, 5) is 23.9. The zero-order valence-corrected chi connectivity index (χ0v) is 11.9. The van der Waals surface area contributed by atoms with Gasteiger partial charge in [-0.1, -0.05) is 6.07 Å². The minimum Gasteiger partial charge on any atom is -0.477 e. The van der Waals surface area contributed by atoms with Crippen LogP contribution in [0.1, 0.15) is 15.9 Å². The fourth-order valence-electron chi connectivity index (χ4n) is 2.34. The van der Waals surface area contributed by atoms with Crippen LogP contribution in [-0.2, 0) is 0 Å². The number of benzene rings is 2. The maximum absolute atomic E-state index is 13.4. The first-order valence-corrected chi connectivity index (χ1v) is 6.64. The molecular weight excluding hydrogens is 306 g/mol. The van der Waals surface area contributed by atoms with Gasteiger partial charge in [0.1, 0.15) is 5.58 Å². The first-order valence-electron chi connectivity index (χ1n) is 6.64. The fraction of sp³-hybridized carbons (Fsp3) is 0.0588. The maximum Gasteiger partial charge on any atom is 0.343 e. The lowest BCUT2D eigenvalue weighted by Gasteiger charge is -2.08. The highest BCUT2D eigenvalue weighted by Gasteiger charge is 2.22. The summed E-state index contributed by atoms with van der Waals surface area (Å²) in [6.45, 7) is 1.78. The third-order valence-corrected chi connectivity index (χ3v) is 3.44. The smallest absolute Gasteiger partial charge is 0.343 e. The van der Waals surface area contributed by atoms with E-state index in [1.54, 1.807) is 19.1 Å². The molecule has 116 valence electrons. The van der Waals surface area contributed by atoms with Crippen molar-refractivity contribution in [2.45, 2.75) is 6.92 Å². The van der Waals surface area contributed by atoms with E-state index in [9.17, 15) is 23.5 Å². The average Bonchev–Trinajstić information content (AvgIpc) is 2.49. The number of aryl methyl sites for hydroxylation is 1. The molecule has 23 heavy (non-hydrogen) atoms. The highest BCUT2D eigenvalue weighted by molar-refractivity contribution is 5.98. The third-order valence-electron chi connectivity index (χ3n) is 3.44. The molecule has 3 aromatic rings. The predicted octanol–water partition coefficient (Wildman–Crippen LogP) is 3.74. The van der Waals surface area contributed by atoms with Crippen LogP contribution in [0, 0.1) is 18.6 Å². The van der Waals surface area contributed by atoms with Crippen LogP contribution in [0.5, 0.6) is 0 Å². The number of fused-ring (bicyclic) bond motifs is 1. The van der Waals surface area contributed by atoms with Crippen LogP contribution in [0.2, 0.25) is 0 Å². The molecule has 2 aromatic carbocycles. The van der Waals surface area contributed by atoms with Gasteiger partial charge in [0.25, 0.3) is 0 Å². The Morgan fingerprint density at radius 2 is 1.83 bits per heavy atom. The molecule has 0 fully saturated rings. The van der Waals surface area contributed by atoms with E-state index in [-0.39, 0.29) is 22.3 Å². The van der Waals surface area contributed by atoms with Crippen LogP contribution >= 0.6 is 0 Å². The van der Waals surface area contributed by atoms with Crippen molar-refractivity contribution in [3.63, 3.8) is 0 Å². The van der Waals surface area contributed by atoms with Crippen molar-refractivity contribution in [3.8, 4) is 11.3 Å². The summed E-state index contributed by atoms with van der Waals surface area (Å²) in [5, 5.41) is 9.43. The maximum atomic E-state index is 13.4. The Morgan fingerprint density at radius 3 is 2.48 bits per heavy atom. The Balaban J connectivity index is 2.42. The quantitative estimate of drug-likeness (QED) is 0.782. The van der Waals surface area contributed by atoms with Gasteiger partial charge < -0.3 is 9.52 Å². The standard InChI is InChI=1S/C17H10F2O4/c1-8-2-4-10-13(6-8)23-16(14(15(10)20)17(21)22)9-3-5-11(18)12(19)7-9/h2-7H,1H3,(H,21,22). The second-order valence-corrected chi connectivity index (χ2v) is 5.07. The number of hydrogen-bond donors (Lipinski definition) is 1. The Bertz CT molecular complexity index is 1010. The lowest BCUT2D eigenvalue weighted by atomic mass is 10.0. The summed E-state index contributed by atoms with van der Waals surface area (Å²) >= 11 is 0. The number of halogens is 2. The molecule has 0 amide bonds. The highest BCUT2D eigenvalue weighted by Crippen LogP contribution is 2.27. The summed E-state index contributed by atoms with van der Waals surface area (Å²) in [6, 6.07) is 7.50. The molecule has 0 saturated heterocycles. The molecule has 0 saturated carbocycles. The molecule has 0 spiro atoms. The van der Waals surface area contributed by atoms with Crippen molar-refractivity contribution in [2.24, 2.45) is 0 Å². The van der Waals surface area contributed by atoms with Crippen molar-refractivity contribution >= 4 is 16.9 Å². The van der Waals surface area contributed by atoms with Crippen molar-refractivity contribution < 1.29 is 23.1 Å². The Kier molecular flexibility index (Phi) is 3.44. The van der Waals surface area contributed by atoms with Gasteiger partial charge in [0, 0.05) is 5.56 Å². The van der Waals surface area contributed by atoms with Crippen LogP contribution in [0.3, 0.4) is 0 Å². The molecule has 0 unspecified atom stereocenters. The number of hydrogen-bond acceptors (Lipinski definition) is 3. The molecule has 0 radical (unpaired) electrons. The van der Waals surface area contributed by atoms with Crippen LogP contribution < -0.4 is 5.43 Å². The van der Waals surface area contributed by atoms with Crippen molar-refractivity contribution in [3.05, 3.63) is 69.4 Å². The van der Waals surface area contributed by atoms with Crippen LogP contribution in [0.4, 0.5) is 8.78 Å². The highest BCUT2D eigenvalue weighted by atomic mass is 19.2. The van der Waals surface area contributed by atoms with Crippen LogP contribution in [-0.4, -0.2) is 11.1 Å². The van der Waals surface area contributed by atoms with Gasteiger partial charge in [0.05, 0.1) is 5.39 Å². The number of carboxylic acid groups (broad SMARTS) is 1. The largest absolute Gasteiger partial charge is 0.477 e. The molecule has 1 heterocycles. The van der Waals surface area contributed by atoms with Crippen molar-refractivity contribution in [1.82, 2.24) is 0 Å². The Hall–Kier alpha value is -3.02. The molecule has 3 rings (SSSR count). The zero-order valence-electron chi connectivity index (χ0n) is 11.9. The SMILES string of the molecule is Cc1ccc2c(=O)c(C(=O)O)c(-c3ccc(F)c(F)c3)oc2c1. The van der Waals surface area contributed by atoms with Gasteiger partial charge in [-0.15, -0.1) is 0 Å². The van der Waals surface area contributed by atoms with Gasteiger partial charge in [-0.05, 0) is 42.8 Å². The van der Waals surface area contributed by atoms with Gasteiger partial charge in [0.15, 0.2) is 23.0 Å². The summed E-state index contributed by atoms with van der Waals surface area (Å²) < 4.78 is 32.0. The average molecular weight is 316 g/mol. The molecule has 0 aliphatic heterocycles. The summed E-state index contributed by atoms with van der Waals surface area (Å²) in [5.41, 5.74) is -0.396. The van der Waals surface area contributed by atoms with E-state index in [0.29, 0.717) is 0 Å². The lowest BCUT2D eigenvalue weighted by molar-refractivity contribution is 0.0694. The molecule has 6 heteroatoms. The van der Waals surface area contributed by atoms with Gasteiger partial charge >= 0.3 is 5.97 Å². The van der Waals surface area contributed by atoms with E-state index in [0.717, 1.165) is 23.8 Å². The molecule has 0 aliphatic carbocycles. The molecule has 0 aliphatic rings. The van der Waals surface area contributed by atoms with E-state index in [1.807, 2.05) is 0 Å². The van der Waals surface area contributed by atoms with E-state index < -0.39 is 28.6 Å². The Morgan fingerprint density at radius 1 is 1.09 bits per heavy atom. The molecule has 4 nitrogen and oxygen atoms in total. The van der Waals surface area contributed by atoms with Crippen molar-refractivity contribution in [1.29, 1.82) is 0 Å². The summed E-state index contributed by atoms with van der Waals surface area (Å²) in [7, 11) is 0. The molecule has 0 bridgehead atoms. The van der Waals surface area contributed by atoms with E-state index in [2.05, 4.69) is 0 Å². The Labute approximate surface area is 128 Å². The number of rotatable bonds is 2. The van der Waals surface area contributed by atoms with E-state index >= 15 is 0 Å². The summed E-state index contributed by atoms with van der Waals surface area (Å²) in [6.07, 6.45) is 0. The minimum absolute atomic E-state index is 0.0261. The minimum atomic E-state index is -1.50. The molecule has 1 N–H and O–H groups in total. The first kappa shape index (κ1) is 14.9. The van der Waals surface area contributed by atoms with Crippen molar-refractivity contribution in [2.75, 3.05) is 0 Å². The first-order chi connectivity index (χ1) is 10.9. The monoisotopic (exact) mass is 316 g/mol. The van der Waals surface area contributed by atoms with Crippen LogP contribution in [0.25, 0.3) is 22.3 Å². The third kappa shape index (κ3) is 2.48. The lowest BCUT2D eigenvalue weighted by Crippen LogP contribution is -2.16. The van der Waals surface area contributed by atoms with Crippen LogP contribution in [0.15, 0.2) is 45.6 Å². The fourth-order valence-corrected chi connectivity index (χ4v) is 2.34. The van der Waals surface area contributed by atoms with Gasteiger partial charge in [-0.2, -0.15) is 0 Å². The van der Waals surface area contributed by atoms with E-state index in [1.165, 1.54) is 6.07 Å². The topological polar surface area (TPSA) is 67.5 Å². The number of carboxylic acids is 1. The van der Waals surface area contributed by atoms with Gasteiger partial charge in [-0.25, -0.2) is 13.6 Å². The number of aromatic carboxylic acids is 1. The molecule has 1 aromatic heterocycles. The van der Waals surface area contributed by atoms with Gasteiger partial charge in [-0.3, -0.25) is 4.79 Å². The molecule has 0 atom stereocenters.